The van der Waals surface area contributed by atoms with Crippen LogP contribution in [-0.4, -0.2) is 43.9 Å². The molecule has 4 rings (SSSR count). The molecule has 1 fully saturated rings. The highest BCUT2D eigenvalue weighted by atomic mass is 32.2. The van der Waals surface area contributed by atoms with Crippen LogP contribution in [-0.2, 0) is 10.2 Å². The van der Waals surface area contributed by atoms with Crippen LogP contribution in [0.2, 0.25) is 0 Å². The summed E-state index contributed by atoms with van der Waals surface area (Å²) in [6, 6.07) is 16.0. The van der Waals surface area contributed by atoms with Crippen molar-refractivity contribution in [2.24, 2.45) is 0 Å². The Hall–Kier alpha value is -2.35. The van der Waals surface area contributed by atoms with Crippen LogP contribution in [0, 0.1) is 0 Å². The minimum atomic E-state index is -3.54. The minimum absolute atomic E-state index is 0.0313. The molecule has 30 heavy (non-hydrogen) atoms. The predicted molar refractivity (Wildman–Crippen MR) is 120 cm³/mol. The van der Waals surface area contributed by atoms with Crippen molar-refractivity contribution < 1.29 is 13.2 Å². The van der Waals surface area contributed by atoms with Crippen molar-refractivity contribution in [3.8, 4) is 5.75 Å². The van der Waals surface area contributed by atoms with Crippen molar-refractivity contribution in [2.45, 2.75) is 38.1 Å². The van der Waals surface area contributed by atoms with Gasteiger partial charge in [-0.05, 0) is 49.1 Å². The second-order valence-electron chi connectivity index (χ2n) is 7.92. The van der Waals surface area contributed by atoms with Gasteiger partial charge in [-0.15, -0.1) is 0 Å². The van der Waals surface area contributed by atoms with Gasteiger partial charge in [-0.1, -0.05) is 36.8 Å². The zero-order chi connectivity index (χ0) is 21.1. The van der Waals surface area contributed by atoms with Crippen LogP contribution in [0.1, 0.15) is 43.2 Å². The van der Waals surface area contributed by atoms with Gasteiger partial charge in [0.15, 0.2) is 0 Å². The molecule has 2 aromatic carbocycles. The molecule has 2 N–H and O–H groups in total. The van der Waals surface area contributed by atoms with E-state index >= 15 is 0 Å². The summed E-state index contributed by atoms with van der Waals surface area (Å²) >= 11 is 0. The maximum absolute atomic E-state index is 13.1. The molecule has 6 nitrogen and oxygen atoms in total. The minimum Gasteiger partial charge on any atom is -0.497 e. The summed E-state index contributed by atoms with van der Waals surface area (Å²) in [7, 11) is -1.91. The summed E-state index contributed by atoms with van der Waals surface area (Å²) in [4.78, 5) is 3.32. The van der Waals surface area contributed by atoms with Crippen molar-refractivity contribution in [2.75, 3.05) is 20.2 Å². The molecule has 0 amide bonds. The Morgan fingerprint density at radius 1 is 1.17 bits per heavy atom. The van der Waals surface area contributed by atoms with Gasteiger partial charge in [0.1, 0.15) is 5.75 Å². The molecule has 0 spiro atoms. The van der Waals surface area contributed by atoms with Gasteiger partial charge >= 0.3 is 0 Å². The smallest absolute Gasteiger partial charge is 0.279 e. The van der Waals surface area contributed by atoms with Gasteiger partial charge in [-0.25, -0.2) is 4.72 Å². The standard InChI is InChI=1S/C23H29N3O3S/c1-17-7-5-6-14-26(17)30(27,28)25-16-21(18-10-12-19(29-2)13-11-18)22-15-24-23-9-4-3-8-20(22)23/h3-4,8-13,15,17,21,24-25H,5-7,14,16H2,1-2H3. The first-order valence-corrected chi connectivity index (χ1v) is 11.9. The first-order valence-electron chi connectivity index (χ1n) is 10.5. The van der Waals surface area contributed by atoms with E-state index in [0.29, 0.717) is 13.1 Å². The average molecular weight is 428 g/mol. The third kappa shape index (κ3) is 4.24. The lowest BCUT2D eigenvalue weighted by Gasteiger charge is -2.32. The lowest BCUT2D eigenvalue weighted by molar-refractivity contribution is 0.265. The number of ether oxygens (including phenoxy) is 1. The molecule has 0 aliphatic carbocycles. The van der Waals surface area contributed by atoms with Gasteiger partial charge in [-0.3, -0.25) is 0 Å². The fraction of sp³-hybridized carbons (Fsp3) is 0.391. The maximum Gasteiger partial charge on any atom is 0.279 e. The molecule has 160 valence electrons. The molecule has 2 atom stereocenters. The molecule has 2 heterocycles. The molecule has 1 saturated heterocycles. The molecule has 2 unspecified atom stereocenters. The van der Waals surface area contributed by atoms with Crippen LogP contribution in [0.3, 0.4) is 0 Å². The van der Waals surface area contributed by atoms with E-state index in [-0.39, 0.29) is 12.0 Å². The van der Waals surface area contributed by atoms with Gasteiger partial charge in [0.2, 0.25) is 0 Å². The highest BCUT2D eigenvalue weighted by Crippen LogP contribution is 2.32. The van der Waals surface area contributed by atoms with E-state index in [2.05, 4.69) is 15.8 Å². The summed E-state index contributed by atoms with van der Waals surface area (Å²) in [6.07, 6.45) is 4.88. The number of methoxy groups -OCH3 is 1. The van der Waals surface area contributed by atoms with Crippen molar-refractivity contribution >= 4 is 21.1 Å². The molecule has 7 heteroatoms. The Labute approximate surface area is 178 Å². The molecule has 0 bridgehead atoms. The molecular weight excluding hydrogens is 398 g/mol. The summed E-state index contributed by atoms with van der Waals surface area (Å²) < 4.78 is 35.9. The number of hydrogen-bond donors (Lipinski definition) is 2. The van der Waals surface area contributed by atoms with Gasteiger partial charge in [0, 0.05) is 42.1 Å². The van der Waals surface area contributed by atoms with Gasteiger partial charge in [-0.2, -0.15) is 12.7 Å². The zero-order valence-corrected chi connectivity index (χ0v) is 18.3. The fourth-order valence-corrected chi connectivity index (χ4v) is 5.82. The Morgan fingerprint density at radius 2 is 1.93 bits per heavy atom. The van der Waals surface area contributed by atoms with Crippen LogP contribution >= 0.6 is 0 Å². The van der Waals surface area contributed by atoms with Gasteiger partial charge in [0.05, 0.1) is 7.11 Å². The lowest BCUT2D eigenvalue weighted by Crippen LogP contribution is -2.48. The number of rotatable bonds is 7. The number of nitrogens with one attached hydrogen (secondary N) is 2. The monoisotopic (exact) mass is 427 g/mol. The summed E-state index contributed by atoms with van der Waals surface area (Å²) in [5.74, 6) is 0.654. The number of piperidine rings is 1. The molecule has 0 saturated carbocycles. The van der Waals surface area contributed by atoms with Crippen molar-refractivity contribution in [3.63, 3.8) is 0 Å². The van der Waals surface area contributed by atoms with E-state index in [0.717, 1.165) is 47.0 Å². The number of para-hydroxylation sites is 1. The number of hydrogen-bond acceptors (Lipinski definition) is 3. The Balaban J connectivity index is 1.65. The largest absolute Gasteiger partial charge is 0.497 e. The van der Waals surface area contributed by atoms with Crippen LogP contribution < -0.4 is 9.46 Å². The highest BCUT2D eigenvalue weighted by molar-refractivity contribution is 7.87. The molecule has 1 aliphatic rings. The first-order chi connectivity index (χ1) is 14.5. The summed E-state index contributed by atoms with van der Waals surface area (Å²) in [5.41, 5.74) is 3.15. The highest BCUT2D eigenvalue weighted by Gasteiger charge is 2.30. The fourth-order valence-electron chi connectivity index (χ4n) is 4.33. The third-order valence-corrected chi connectivity index (χ3v) is 7.73. The second kappa shape index (κ2) is 8.79. The van der Waals surface area contributed by atoms with E-state index in [9.17, 15) is 8.42 Å². The number of nitrogens with zero attached hydrogens (tertiary/aromatic N) is 1. The molecule has 0 radical (unpaired) electrons. The van der Waals surface area contributed by atoms with E-state index in [1.54, 1.807) is 11.4 Å². The van der Waals surface area contributed by atoms with Crippen molar-refractivity contribution in [3.05, 3.63) is 65.9 Å². The van der Waals surface area contributed by atoms with Crippen LogP contribution in [0.15, 0.2) is 54.7 Å². The van der Waals surface area contributed by atoms with E-state index in [1.165, 1.54) is 0 Å². The first kappa shape index (κ1) is 20.9. The topological polar surface area (TPSA) is 74.4 Å². The van der Waals surface area contributed by atoms with Crippen LogP contribution in [0.4, 0.5) is 0 Å². The number of aromatic amines is 1. The van der Waals surface area contributed by atoms with E-state index in [4.69, 9.17) is 4.74 Å². The van der Waals surface area contributed by atoms with Gasteiger partial charge < -0.3 is 9.72 Å². The van der Waals surface area contributed by atoms with Crippen LogP contribution in [0.5, 0.6) is 5.75 Å². The summed E-state index contributed by atoms with van der Waals surface area (Å²) in [6.45, 7) is 2.86. The average Bonchev–Trinajstić information content (AvgIpc) is 3.18. The molecule has 1 aliphatic heterocycles. The zero-order valence-electron chi connectivity index (χ0n) is 17.5. The molecular formula is C23H29N3O3S. The Morgan fingerprint density at radius 3 is 2.67 bits per heavy atom. The molecule has 1 aromatic heterocycles. The number of aromatic nitrogens is 1. The summed E-state index contributed by atoms with van der Waals surface area (Å²) in [5, 5.41) is 1.10. The Bertz CT molecular complexity index is 1090. The van der Waals surface area contributed by atoms with Gasteiger partial charge in [0.25, 0.3) is 10.2 Å². The lowest BCUT2D eigenvalue weighted by atomic mass is 9.91. The number of fused-ring (bicyclic) bond motifs is 1. The van der Waals surface area contributed by atoms with Crippen LogP contribution in [0.25, 0.3) is 10.9 Å². The van der Waals surface area contributed by atoms with E-state index < -0.39 is 10.2 Å². The molecule has 3 aromatic rings. The van der Waals surface area contributed by atoms with Crippen molar-refractivity contribution in [1.82, 2.24) is 14.0 Å². The predicted octanol–water partition coefficient (Wildman–Crippen LogP) is 4.02. The second-order valence-corrected chi connectivity index (χ2v) is 9.63. The quantitative estimate of drug-likeness (QED) is 0.598. The SMILES string of the molecule is COc1ccc(C(CNS(=O)(=O)N2CCCCC2C)c2c[nH]c3ccccc23)cc1. The van der Waals surface area contributed by atoms with E-state index in [1.807, 2.05) is 55.6 Å². The third-order valence-electron chi connectivity index (χ3n) is 6.04. The Kier molecular flexibility index (Phi) is 6.13. The van der Waals surface area contributed by atoms with Crippen molar-refractivity contribution in [1.29, 1.82) is 0 Å². The number of H-pyrrole nitrogens is 1. The number of benzene rings is 2. The normalized spacial score (nSPS) is 19.1. The maximum atomic E-state index is 13.1.